The molecule has 2 aromatic heterocycles. The maximum absolute atomic E-state index is 8.95. The van der Waals surface area contributed by atoms with Crippen LogP contribution in [0.25, 0.3) is 10.2 Å². The third-order valence-electron chi connectivity index (χ3n) is 3.33. The Bertz CT molecular complexity index is 579. The van der Waals surface area contributed by atoms with Gasteiger partial charge < -0.3 is 10.4 Å². The first-order chi connectivity index (χ1) is 8.79. The van der Waals surface area contributed by atoms with Gasteiger partial charge in [0.25, 0.3) is 0 Å². The minimum atomic E-state index is 0.122. The van der Waals surface area contributed by atoms with Crippen LogP contribution in [-0.4, -0.2) is 28.2 Å². The topological polar surface area (TPSA) is 58.0 Å². The van der Waals surface area contributed by atoms with E-state index in [0.29, 0.717) is 6.54 Å². The molecule has 0 aliphatic heterocycles. The molecule has 0 radical (unpaired) electrons. The Balaban J connectivity index is 2.16. The van der Waals surface area contributed by atoms with E-state index >= 15 is 0 Å². The van der Waals surface area contributed by atoms with E-state index in [1.165, 1.54) is 35.1 Å². The van der Waals surface area contributed by atoms with Crippen molar-refractivity contribution in [2.75, 3.05) is 18.5 Å². The molecule has 0 amide bonds. The van der Waals surface area contributed by atoms with Crippen LogP contribution in [0.15, 0.2) is 0 Å². The van der Waals surface area contributed by atoms with Crippen molar-refractivity contribution in [3.05, 3.63) is 16.3 Å². The summed E-state index contributed by atoms with van der Waals surface area (Å²) in [6.45, 7) is 2.58. The van der Waals surface area contributed by atoms with E-state index in [2.05, 4.69) is 15.3 Å². The third kappa shape index (κ3) is 1.97. The second-order valence-corrected chi connectivity index (χ2v) is 5.74. The van der Waals surface area contributed by atoms with Crippen molar-refractivity contribution >= 4 is 27.4 Å². The number of fused-ring (bicyclic) bond motifs is 3. The highest BCUT2D eigenvalue weighted by Crippen LogP contribution is 2.38. The number of hydrogen-bond donors (Lipinski definition) is 2. The van der Waals surface area contributed by atoms with Crippen LogP contribution in [0.5, 0.6) is 0 Å². The number of nitrogens with zero attached hydrogens (tertiary/aromatic N) is 2. The van der Waals surface area contributed by atoms with Crippen LogP contribution in [0, 0.1) is 6.92 Å². The zero-order valence-corrected chi connectivity index (χ0v) is 11.3. The van der Waals surface area contributed by atoms with Gasteiger partial charge in [-0.2, -0.15) is 0 Å². The molecule has 1 aliphatic carbocycles. The third-order valence-corrected chi connectivity index (χ3v) is 4.52. The van der Waals surface area contributed by atoms with E-state index in [4.69, 9.17) is 5.11 Å². The highest BCUT2D eigenvalue weighted by molar-refractivity contribution is 7.19. The lowest BCUT2D eigenvalue weighted by molar-refractivity contribution is 0.311. The summed E-state index contributed by atoms with van der Waals surface area (Å²) in [6, 6.07) is 0. The van der Waals surface area contributed by atoms with Crippen LogP contribution in [0.4, 0.5) is 5.82 Å². The summed E-state index contributed by atoms with van der Waals surface area (Å²) in [4.78, 5) is 11.6. The van der Waals surface area contributed by atoms with Crippen molar-refractivity contribution in [2.24, 2.45) is 0 Å². The number of aliphatic hydroxyl groups is 1. The van der Waals surface area contributed by atoms with E-state index in [9.17, 15) is 0 Å². The Labute approximate surface area is 110 Å². The van der Waals surface area contributed by atoms with Crippen molar-refractivity contribution < 1.29 is 5.11 Å². The predicted octanol–water partition coefficient (Wildman–Crippen LogP) is 2.28. The number of nitrogens with one attached hydrogen (secondary N) is 1. The number of thiophene rings is 1. The van der Waals surface area contributed by atoms with Crippen molar-refractivity contribution in [3.63, 3.8) is 0 Å². The maximum Gasteiger partial charge on any atom is 0.138 e. The summed E-state index contributed by atoms with van der Waals surface area (Å²) in [7, 11) is 0. The Morgan fingerprint density at radius 2 is 2.11 bits per heavy atom. The Morgan fingerprint density at radius 3 is 2.94 bits per heavy atom. The molecule has 0 unspecified atom stereocenters. The first-order valence-electron chi connectivity index (χ1n) is 6.43. The lowest BCUT2D eigenvalue weighted by Crippen LogP contribution is -2.09. The minimum absolute atomic E-state index is 0.122. The summed E-state index contributed by atoms with van der Waals surface area (Å²) in [6.07, 6.45) is 4.85. The smallest absolute Gasteiger partial charge is 0.138 e. The highest BCUT2D eigenvalue weighted by Gasteiger charge is 2.20. The van der Waals surface area contributed by atoms with Gasteiger partial charge >= 0.3 is 0 Å². The molecule has 96 valence electrons. The summed E-state index contributed by atoms with van der Waals surface area (Å²) in [5, 5.41) is 13.4. The van der Waals surface area contributed by atoms with E-state index in [0.717, 1.165) is 22.9 Å². The molecule has 0 saturated carbocycles. The van der Waals surface area contributed by atoms with Crippen LogP contribution in [0.3, 0.4) is 0 Å². The van der Waals surface area contributed by atoms with Crippen LogP contribution in [0.2, 0.25) is 0 Å². The fraction of sp³-hybridized carbons (Fsp3) is 0.538. The van der Waals surface area contributed by atoms with Gasteiger partial charge in [-0.15, -0.1) is 11.3 Å². The molecule has 0 atom stereocenters. The standard InChI is InChI=1S/C13H17N3OS/c1-8-15-12(14-6-7-17)11-9-4-2-3-5-10(9)18-13(11)16-8/h17H,2-7H2,1H3,(H,14,15,16). The molecule has 2 N–H and O–H groups in total. The molecule has 1 aliphatic rings. The van der Waals surface area contributed by atoms with Crippen LogP contribution < -0.4 is 5.32 Å². The average molecular weight is 263 g/mol. The van der Waals surface area contributed by atoms with Crippen molar-refractivity contribution in [1.82, 2.24) is 9.97 Å². The first kappa shape index (κ1) is 11.9. The highest BCUT2D eigenvalue weighted by atomic mass is 32.1. The molecule has 0 fully saturated rings. The fourth-order valence-electron chi connectivity index (χ4n) is 2.57. The second-order valence-electron chi connectivity index (χ2n) is 4.66. The summed E-state index contributed by atoms with van der Waals surface area (Å²) < 4.78 is 0. The Hall–Kier alpha value is -1.20. The monoisotopic (exact) mass is 263 g/mol. The van der Waals surface area contributed by atoms with Gasteiger partial charge in [0.15, 0.2) is 0 Å². The molecule has 0 bridgehead atoms. The number of aryl methyl sites for hydroxylation is 3. The Kier molecular flexibility index (Phi) is 3.18. The quantitative estimate of drug-likeness (QED) is 0.892. The van der Waals surface area contributed by atoms with Crippen LogP contribution >= 0.6 is 11.3 Å². The van der Waals surface area contributed by atoms with Crippen LogP contribution in [0.1, 0.15) is 29.1 Å². The molecular formula is C13H17N3OS. The SMILES string of the molecule is Cc1nc(NCCO)c2c3c(sc2n1)CCCC3. The number of aliphatic hydroxyl groups excluding tert-OH is 1. The lowest BCUT2D eigenvalue weighted by atomic mass is 9.97. The van der Waals surface area contributed by atoms with E-state index in [1.807, 2.05) is 18.3 Å². The second kappa shape index (κ2) is 4.82. The van der Waals surface area contributed by atoms with Gasteiger partial charge in [0, 0.05) is 11.4 Å². The van der Waals surface area contributed by atoms with E-state index in [-0.39, 0.29) is 6.61 Å². The molecule has 0 saturated heterocycles. The average Bonchev–Trinajstić information content (AvgIpc) is 2.73. The molecule has 4 nitrogen and oxygen atoms in total. The fourth-order valence-corrected chi connectivity index (χ4v) is 3.87. The van der Waals surface area contributed by atoms with Gasteiger partial charge in [-0.25, -0.2) is 9.97 Å². The molecule has 0 spiro atoms. The molecule has 18 heavy (non-hydrogen) atoms. The van der Waals surface area contributed by atoms with Crippen molar-refractivity contribution in [3.8, 4) is 0 Å². The molecule has 3 rings (SSSR count). The molecule has 5 heteroatoms. The number of rotatable bonds is 3. The van der Waals surface area contributed by atoms with Crippen molar-refractivity contribution in [2.45, 2.75) is 32.6 Å². The normalized spacial score (nSPS) is 14.8. The largest absolute Gasteiger partial charge is 0.395 e. The number of hydrogen-bond acceptors (Lipinski definition) is 5. The lowest BCUT2D eigenvalue weighted by Gasteiger charge is -2.12. The minimum Gasteiger partial charge on any atom is -0.395 e. The molecule has 2 aromatic rings. The summed E-state index contributed by atoms with van der Waals surface area (Å²) in [5.41, 5.74) is 1.43. The van der Waals surface area contributed by atoms with Gasteiger partial charge in [-0.05, 0) is 38.2 Å². The summed E-state index contributed by atoms with van der Waals surface area (Å²) in [5.74, 6) is 1.69. The van der Waals surface area contributed by atoms with E-state index in [1.54, 1.807) is 0 Å². The van der Waals surface area contributed by atoms with Gasteiger partial charge in [0.1, 0.15) is 16.5 Å². The van der Waals surface area contributed by atoms with Gasteiger partial charge in [-0.1, -0.05) is 0 Å². The van der Waals surface area contributed by atoms with Crippen molar-refractivity contribution in [1.29, 1.82) is 0 Å². The number of aromatic nitrogens is 2. The maximum atomic E-state index is 8.95. The molecule has 2 heterocycles. The van der Waals surface area contributed by atoms with Gasteiger partial charge in [0.2, 0.25) is 0 Å². The zero-order valence-electron chi connectivity index (χ0n) is 10.5. The Morgan fingerprint density at radius 1 is 1.28 bits per heavy atom. The number of anilines is 1. The predicted molar refractivity (Wildman–Crippen MR) is 74.4 cm³/mol. The van der Waals surface area contributed by atoms with Gasteiger partial charge in [0.05, 0.1) is 12.0 Å². The molecule has 0 aromatic carbocycles. The zero-order chi connectivity index (χ0) is 12.5. The molecular weight excluding hydrogens is 246 g/mol. The van der Waals surface area contributed by atoms with Gasteiger partial charge in [-0.3, -0.25) is 0 Å². The summed E-state index contributed by atoms with van der Waals surface area (Å²) >= 11 is 1.81. The first-order valence-corrected chi connectivity index (χ1v) is 7.25. The van der Waals surface area contributed by atoms with Crippen LogP contribution in [-0.2, 0) is 12.8 Å². The van der Waals surface area contributed by atoms with E-state index < -0.39 is 0 Å².